The molecular weight excluding hydrogens is 230 g/mol. The van der Waals surface area contributed by atoms with E-state index in [1.165, 1.54) is 32.1 Å². The SMILES string of the molecule is CCOC(OCC)[SiH2]C[CH]NC1CCCCC1. The first-order chi connectivity index (χ1) is 8.36. The molecule has 0 aromatic rings. The van der Waals surface area contributed by atoms with Gasteiger partial charge in [0.1, 0.15) is 5.91 Å². The van der Waals surface area contributed by atoms with E-state index in [1.54, 1.807) is 0 Å². The molecule has 0 unspecified atom stereocenters. The summed E-state index contributed by atoms with van der Waals surface area (Å²) in [5.41, 5.74) is 0. The minimum absolute atomic E-state index is 0.106. The lowest BCUT2D eigenvalue weighted by atomic mass is 9.96. The molecule has 4 heteroatoms. The topological polar surface area (TPSA) is 30.5 Å². The molecular formula is C13H28NO2Si. The van der Waals surface area contributed by atoms with Gasteiger partial charge in [-0.15, -0.1) is 0 Å². The Kier molecular flexibility index (Phi) is 8.97. The lowest BCUT2D eigenvalue weighted by molar-refractivity contribution is -0.0826. The van der Waals surface area contributed by atoms with Gasteiger partial charge in [-0.3, -0.25) is 0 Å². The number of ether oxygens (including phenoxy) is 2. The van der Waals surface area contributed by atoms with E-state index < -0.39 is 0 Å². The smallest absolute Gasteiger partial charge is 0.134 e. The fraction of sp³-hybridized carbons (Fsp3) is 0.923. The van der Waals surface area contributed by atoms with Crippen LogP contribution in [-0.2, 0) is 9.47 Å². The normalized spacial score (nSPS) is 18.5. The molecule has 0 saturated heterocycles. The molecule has 1 rings (SSSR count). The maximum Gasteiger partial charge on any atom is 0.134 e. The van der Waals surface area contributed by atoms with E-state index in [9.17, 15) is 0 Å². The van der Waals surface area contributed by atoms with Crippen molar-refractivity contribution in [2.24, 2.45) is 0 Å². The number of nitrogens with one attached hydrogen (secondary N) is 1. The molecule has 1 N–H and O–H groups in total. The Labute approximate surface area is 108 Å². The predicted molar refractivity (Wildman–Crippen MR) is 74.7 cm³/mol. The molecule has 3 nitrogen and oxygen atoms in total. The van der Waals surface area contributed by atoms with Crippen LogP contribution in [0.2, 0.25) is 6.04 Å². The molecule has 1 aliphatic rings. The standard InChI is InChI=1S/C13H28NO2Si/c1-3-15-13(16-4-2)17-11-10-14-12-8-6-5-7-9-12/h10,12-14H,3-9,11,17H2,1-2H3. The molecule has 101 valence electrons. The van der Waals surface area contributed by atoms with E-state index >= 15 is 0 Å². The largest absolute Gasteiger partial charge is 0.357 e. The van der Waals surface area contributed by atoms with E-state index in [1.807, 2.05) is 13.8 Å². The Morgan fingerprint density at radius 3 is 2.41 bits per heavy atom. The van der Waals surface area contributed by atoms with Gasteiger partial charge in [0.05, 0.1) is 9.52 Å². The van der Waals surface area contributed by atoms with Crippen LogP contribution in [0, 0.1) is 6.54 Å². The summed E-state index contributed by atoms with van der Waals surface area (Å²) in [6.07, 6.45) is 6.90. The van der Waals surface area contributed by atoms with Gasteiger partial charge in [-0.05, 0) is 32.7 Å². The highest BCUT2D eigenvalue weighted by Crippen LogP contribution is 2.17. The van der Waals surface area contributed by atoms with Gasteiger partial charge in [0.25, 0.3) is 0 Å². The van der Waals surface area contributed by atoms with Crippen LogP contribution in [0.4, 0.5) is 0 Å². The van der Waals surface area contributed by atoms with Crippen LogP contribution in [0.15, 0.2) is 0 Å². The first-order valence-electron chi connectivity index (χ1n) is 7.17. The zero-order valence-corrected chi connectivity index (χ0v) is 12.8. The fourth-order valence-corrected chi connectivity index (χ4v) is 3.74. The second-order valence-electron chi connectivity index (χ2n) is 4.62. The van der Waals surface area contributed by atoms with Gasteiger partial charge < -0.3 is 14.8 Å². The third-order valence-electron chi connectivity index (χ3n) is 3.21. The molecule has 0 amide bonds. The zero-order valence-electron chi connectivity index (χ0n) is 11.4. The average Bonchev–Trinajstić information content (AvgIpc) is 2.36. The van der Waals surface area contributed by atoms with Crippen molar-refractivity contribution in [2.45, 2.75) is 64.0 Å². The summed E-state index contributed by atoms with van der Waals surface area (Å²) in [4.78, 5) is 0. The highest BCUT2D eigenvalue weighted by atomic mass is 28.2. The minimum atomic E-state index is -0.306. The molecule has 0 aromatic heterocycles. The lowest BCUT2D eigenvalue weighted by Crippen LogP contribution is -2.31. The fourth-order valence-electron chi connectivity index (χ4n) is 2.33. The van der Waals surface area contributed by atoms with Crippen molar-refractivity contribution in [1.29, 1.82) is 0 Å². The quantitative estimate of drug-likeness (QED) is 0.390. The first kappa shape index (κ1) is 15.2. The Bertz CT molecular complexity index is 169. The van der Waals surface area contributed by atoms with Gasteiger partial charge in [-0.25, -0.2) is 0 Å². The van der Waals surface area contributed by atoms with Gasteiger partial charge >= 0.3 is 0 Å². The molecule has 1 fully saturated rings. The molecule has 0 atom stereocenters. The van der Waals surface area contributed by atoms with Crippen molar-refractivity contribution < 1.29 is 9.47 Å². The molecule has 0 heterocycles. The Morgan fingerprint density at radius 2 is 1.82 bits per heavy atom. The van der Waals surface area contributed by atoms with Crippen LogP contribution in [-0.4, -0.2) is 34.7 Å². The molecule has 0 aliphatic heterocycles. The van der Waals surface area contributed by atoms with Gasteiger partial charge in [0.2, 0.25) is 0 Å². The Morgan fingerprint density at radius 1 is 1.18 bits per heavy atom. The molecule has 17 heavy (non-hydrogen) atoms. The summed E-state index contributed by atoms with van der Waals surface area (Å²) in [6, 6.07) is 1.89. The molecule has 0 aromatic carbocycles. The molecule has 1 aliphatic carbocycles. The van der Waals surface area contributed by atoms with Crippen molar-refractivity contribution in [3.63, 3.8) is 0 Å². The Balaban J connectivity index is 2.00. The summed E-state index contributed by atoms with van der Waals surface area (Å²) in [5, 5.41) is 3.56. The Hall–Kier alpha value is 0.0969. The first-order valence-corrected chi connectivity index (χ1v) is 8.99. The van der Waals surface area contributed by atoms with E-state index in [4.69, 9.17) is 9.47 Å². The maximum absolute atomic E-state index is 5.57. The van der Waals surface area contributed by atoms with Crippen LogP contribution in [0.1, 0.15) is 46.0 Å². The van der Waals surface area contributed by atoms with E-state index in [0.717, 1.165) is 25.3 Å². The highest BCUT2D eigenvalue weighted by Gasteiger charge is 2.13. The molecule has 0 spiro atoms. The summed E-state index contributed by atoms with van der Waals surface area (Å²) in [5.74, 6) is 0.106. The van der Waals surface area contributed by atoms with Crippen LogP contribution >= 0.6 is 0 Å². The summed E-state index contributed by atoms with van der Waals surface area (Å²) in [7, 11) is -0.306. The number of hydrogen-bond donors (Lipinski definition) is 1. The molecule has 1 radical (unpaired) electrons. The minimum Gasteiger partial charge on any atom is -0.357 e. The summed E-state index contributed by atoms with van der Waals surface area (Å²) < 4.78 is 11.1. The lowest BCUT2D eigenvalue weighted by Gasteiger charge is -2.23. The van der Waals surface area contributed by atoms with Crippen LogP contribution < -0.4 is 5.32 Å². The summed E-state index contributed by atoms with van der Waals surface area (Å²) >= 11 is 0. The van der Waals surface area contributed by atoms with Crippen LogP contribution in [0.5, 0.6) is 0 Å². The van der Waals surface area contributed by atoms with E-state index in [2.05, 4.69) is 11.9 Å². The monoisotopic (exact) mass is 258 g/mol. The van der Waals surface area contributed by atoms with E-state index in [0.29, 0.717) is 0 Å². The van der Waals surface area contributed by atoms with Crippen molar-refractivity contribution in [2.75, 3.05) is 13.2 Å². The highest BCUT2D eigenvalue weighted by molar-refractivity contribution is 6.37. The van der Waals surface area contributed by atoms with Gasteiger partial charge in [0.15, 0.2) is 0 Å². The van der Waals surface area contributed by atoms with Crippen LogP contribution in [0.3, 0.4) is 0 Å². The van der Waals surface area contributed by atoms with Crippen molar-refractivity contribution >= 4 is 9.52 Å². The third kappa shape index (κ3) is 7.19. The number of hydrogen-bond acceptors (Lipinski definition) is 3. The van der Waals surface area contributed by atoms with Gasteiger partial charge in [-0.2, -0.15) is 0 Å². The molecule has 0 bridgehead atoms. The average molecular weight is 258 g/mol. The van der Waals surface area contributed by atoms with Crippen molar-refractivity contribution in [3.8, 4) is 0 Å². The zero-order chi connectivity index (χ0) is 12.3. The second-order valence-corrected chi connectivity index (χ2v) is 6.44. The maximum atomic E-state index is 5.57. The van der Waals surface area contributed by atoms with Crippen LogP contribution in [0.25, 0.3) is 0 Å². The van der Waals surface area contributed by atoms with E-state index in [-0.39, 0.29) is 15.4 Å². The predicted octanol–water partition coefficient (Wildman–Crippen LogP) is 2.01. The van der Waals surface area contributed by atoms with Gasteiger partial charge in [0, 0.05) is 25.8 Å². The third-order valence-corrected chi connectivity index (χ3v) is 4.78. The van der Waals surface area contributed by atoms with Crippen molar-refractivity contribution in [1.82, 2.24) is 5.32 Å². The summed E-state index contributed by atoms with van der Waals surface area (Å²) in [6.45, 7) is 7.84. The van der Waals surface area contributed by atoms with Crippen molar-refractivity contribution in [3.05, 3.63) is 6.54 Å². The van der Waals surface area contributed by atoms with Gasteiger partial charge in [-0.1, -0.05) is 19.3 Å². The molecule has 1 saturated carbocycles. The second kappa shape index (κ2) is 10.1. The number of rotatable bonds is 9.